The maximum Gasteiger partial charge on any atom is 0.332 e. The van der Waals surface area contributed by atoms with Crippen LogP contribution in [0.3, 0.4) is 0 Å². The van der Waals surface area contributed by atoms with Crippen LogP contribution >= 0.6 is 0 Å². The lowest BCUT2D eigenvalue weighted by atomic mass is 10.2. The predicted octanol–water partition coefficient (Wildman–Crippen LogP) is 0.0197. The molecule has 3 amide bonds. The number of hydrogen-bond acceptors (Lipinski definition) is 4. The molecule has 0 saturated carbocycles. The number of nitrogens with one attached hydrogen (secondary N) is 2. The molecular weight excluding hydrogens is 224 g/mol. The number of nitrogens with zero attached hydrogens (tertiary/aromatic N) is 1. The van der Waals surface area contributed by atoms with Crippen LogP contribution in [0, 0.1) is 0 Å². The van der Waals surface area contributed by atoms with Gasteiger partial charge in [-0.25, -0.2) is 10.2 Å². The van der Waals surface area contributed by atoms with Crippen LogP contribution in [-0.2, 0) is 4.79 Å². The molecule has 7 nitrogen and oxygen atoms in total. The number of anilines is 1. The smallest absolute Gasteiger partial charge is 0.332 e. The zero-order valence-electron chi connectivity index (χ0n) is 8.77. The molecule has 17 heavy (non-hydrogen) atoms. The van der Waals surface area contributed by atoms with Gasteiger partial charge in [0.2, 0.25) is 0 Å². The third kappa shape index (κ3) is 2.71. The Balaban J connectivity index is 2.15. The van der Waals surface area contributed by atoms with Gasteiger partial charge in [0.1, 0.15) is 5.75 Å². The van der Waals surface area contributed by atoms with E-state index in [9.17, 15) is 9.59 Å². The van der Waals surface area contributed by atoms with Gasteiger partial charge >= 0.3 is 6.03 Å². The Hall–Kier alpha value is -2.57. The van der Waals surface area contributed by atoms with E-state index in [1.165, 1.54) is 6.21 Å². The van der Waals surface area contributed by atoms with Crippen molar-refractivity contribution in [3.63, 3.8) is 0 Å². The van der Waals surface area contributed by atoms with Gasteiger partial charge in [-0.1, -0.05) is 0 Å². The van der Waals surface area contributed by atoms with Gasteiger partial charge in [0.25, 0.3) is 5.91 Å². The Morgan fingerprint density at radius 1 is 1.59 bits per heavy atom. The predicted molar refractivity (Wildman–Crippen MR) is 60.9 cm³/mol. The fourth-order valence-corrected chi connectivity index (χ4v) is 1.35. The zero-order chi connectivity index (χ0) is 12.3. The van der Waals surface area contributed by atoms with Gasteiger partial charge in [0, 0.05) is 0 Å². The molecule has 2 rings (SSSR count). The Labute approximate surface area is 96.6 Å². The molecule has 0 aromatic heterocycles. The first-order valence-corrected chi connectivity index (χ1v) is 4.80. The molecule has 0 bridgehead atoms. The summed E-state index contributed by atoms with van der Waals surface area (Å²) in [5, 5.41) is 6.27. The first kappa shape index (κ1) is 10.9. The number of carbonyl (C=O) groups excluding carboxylic acids is 2. The van der Waals surface area contributed by atoms with Crippen LogP contribution in [0.15, 0.2) is 23.3 Å². The summed E-state index contributed by atoms with van der Waals surface area (Å²) in [5.74, 6) is 0.395. The van der Waals surface area contributed by atoms with E-state index in [0.29, 0.717) is 17.0 Å². The molecule has 88 valence electrons. The average Bonchev–Trinajstić information content (AvgIpc) is 2.28. The minimum absolute atomic E-state index is 0.0175. The van der Waals surface area contributed by atoms with Crippen molar-refractivity contribution in [2.75, 3.05) is 11.9 Å². The molecule has 1 aliphatic rings. The third-order valence-electron chi connectivity index (χ3n) is 2.02. The van der Waals surface area contributed by atoms with Gasteiger partial charge in [-0.05, 0) is 23.8 Å². The van der Waals surface area contributed by atoms with Crippen molar-refractivity contribution in [1.29, 1.82) is 0 Å². The van der Waals surface area contributed by atoms with Crippen LogP contribution in [0.2, 0.25) is 0 Å². The number of nitrogens with two attached hydrogens (primary N) is 1. The highest BCUT2D eigenvalue weighted by atomic mass is 16.5. The van der Waals surface area contributed by atoms with Gasteiger partial charge < -0.3 is 15.8 Å². The van der Waals surface area contributed by atoms with E-state index in [0.717, 1.165) is 0 Å². The molecule has 0 fully saturated rings. The van der Waals surface area contributed by atoms with Gasteiger partial charge in [-0.15, -0.1) is 0 Å². The second kappa shape index (κ2) is 4.52. The highest BCUT2D eigenvalue weighted by Crippen LogP contribution is 2.27. The normalized spacial score (nSPS) is 13.8. The minimum atomic E-state index is -0.740. The summed E-state index contributed by atoms with van der Waals surface area (Å²) in [5.41, 5.74) is 8.19. The molecule has 7 heteroatoms. The van der Waals surface area contributed by atoms with E-state index >= 15 is 0 Å². The summed E-state index contributed by atoms with van der Waals surface area (Å²) in [7, 11) is 0. The molecule has 1 aromatic rings. The highest BCUT2D eigenvalue weighted by Gasteiger charge is 2.15. The lowest BCUT2D eigenvalue weighted by Gasteiger charge is -2.17. The summed E-state index contributed by atoms with van der Waals surface area (Å²) in [6, 6.07) is 4.39. The second-order valence-electron chi connectivity index (χ2n) is 3.33. The van der Waals surface area contributed by atoms with Gasteiger partial charge in [-0.2, -0.15) is 5.10 Å². The van der Waals surface area contributed by atoms with E-state index in [1.54, 1.807) is 18.2 Å². The summed E-state index contributed by atoms with van der Waals surface area (Å²) in [6.07, 6.45) is 1.41. The van der Waals surface area contributed by atoms with E-state index in [-0.39, 0.29) is 12.5 Å². The molecule has 1 aromatic carbocycles. The Morgan fingerprint density at radius 3 is 3.18 bits per heavy atom. The van der Waals surface area contributed by atoms with Crippen LogP contribution in [-0.4, -0.2) is 24.8 Å². The maximum atomic E-state index is 11.1. The van der Waals surface area contributed by atoms with Crippen molar-refractivity contribution in [2.24, 2.45) is 10.8 Å². The minimum Gasteiger partial charge on any atom is -0.482 e. The summed E-state index contributed by atoms with van der Waals surface area (Å²) in [6.45, 7) is 0.0175. The molecular formula is C10H10N4O3. The molecule has 0 saturated heterocycles. The second-order valence-corrected chi connectivity index (χ2v) is 3.33. The molecule has 0 unspecified atom stereocenters. The van der Waals surface area contributed by atoms with Crippen molar-refractivity contribution in [3.8, 4) is 5.75 Å². The average molecular weight is 234 g/mol. The van der Waals surface area contributed by atoms with Gasteiger partial charge in [0.15, 0.2) is 6.61 Å². The van der Waals surface area contributed by atoms with Crippen LogP contribution < -0.4 is 21.2 Å². The molecule has 1 aliphatic heterocycles. The molecule has 4 N–H and O–H groups in total. The molecule has 0 aliphatic carbocycles. The van der Waals surface area contributed by atoms with Crippen molar-refractivity contribution in [1.82, 2.24) is 5.43 Å². The Morgan fingerprint density at radius 2 is 2.41 bits per heavy atom. The first-order chi connectivity index (χ1) is 8.15. The van der Waals surface area contributed by atoms with Gasteiger partial charge in [-0.3, -0.25) is 4.79 Å². The van der Waals surface area contributed by atoms with Crippen LogP contribution in [0.1, 0.15) is 5.56 Å². The largest absolute Gasteiger partial charge is 0.482 e. The van der Waals surface area contributed by atoms with E-state index < -0.39 is 6.03 Å². The number of primary amides is 1. The summed E-state index contributed by atoms with van der Waals surface area (Å²) >= 11 is 0. The van der Waals surface area contributed by atoms with Crippen molar-refractivity contribution < 1.29 is 14.3 Å². The molecule has 0 radical (unpaired) electrons. The Bertz CT molecular complexity index is 498. The number of benzene rings is 1. The molecule has 0 atom stereocenters. The Kier molecular flexibility index (Phi) is 2.91. The number of ether oxygens (including phenoxy) is 1. The van der Waals surface area contributed by atoms with Crippen LogP contribution in [0.5, 0.6) is 5.75 Å². The molecule has 0 spiro atoms. The standard InChI is InChI=1S/C10H10N4O3/c11-10(16)14-12-4-6-1-2-8-7(3-6)13-9(15)5-17-8/h1-4H,5H2,(H,13,15)(H3,11,14,16). The van der Waals surface area contributed by atoms with Crippen molar-refractivity contribution in [3.05, 3.63) is 23.8 Å². The number of rotatable bonds is 2. The first-order valence-electron chi connectivity index (χ1n) is 4.80. The summed E-state index contributed by atoms with van der Waals surface area (Å²) in [4.78, 5) is 21.5. The van der Waals surface area contributed by atoms with Crippen molar-refractivity contribution >= 4 is 23.8 Å². The highest BCUT2D eigenvalue weighted by molar-refractivity contribution is 5.96. The molecule has 1 heterocycles. The monoisotopic (exact) mass is 234 g/mol. The van der Waals surface area contributed by atoms with Crippen LogP contribution in [0.25, 0.3) is 0 Å². The number of hydrazone groups is 1. The lowest BCUT2D eigenvalue weighted by molar-refractivity contribution is -0.118. The number of amides is 3. The summed E-state index contributed by atoms with van der Waals surface area (Å²) < 4.78 is 5.19. The quantitative estimate of drug-likeness (QED) is 0.496. The number of carbonyl (C=O) groups is 2. The fourth-order valence-electron chi connectivity index (χ4n) is 1.35. The zero-order valence-corrected chi connectivity index (χ0v) is 8.77. The van der Waals surface area contributed by atoms with E-state index in [4.69, 9.17) is 10.5 Å². The number of hydrogen-bond donors (Lipinski definition) is 3. The van der Waals surface area contributed by atoms with E-state index in [1.807, 2.05) is 0 Å². The van der Waals surface area contributed by atoms with Gasteiger partial charge in [0.05, 0.1) is 11.9 Å². The van der Waals surface area contributed by atoms with E-state index in [2.05, 4.69) is 15.8 Å². The number of urea groups is 1. The fraction of sp³-hybridized carbons (Fsp3) is 0.100. The maximum absolute atomic E-state index is 11.1. The van der Waals surface area contributed by atoms with Crippen LogP contribution in [0.4, 0.5) is 10.5 Å². The topological polar surface area (TPSA) is 106 Å². The number of fused-ring (bicyclic) bond motifs is 1. The third-order valence-corrected chi connectivity index (χ3v) is 2.02. The van der Waals surface area contributed by atoms with Crippen molar-refractivity contribution in [2.45, 2.75) is 0 Å². The lowest BCUT2D eigenvalue weighted by Crippen LogP contribution is -2.25. The SMILES string of the molecule is NC(=O)NN=Cc1ccc2c(c1)NC(=O)CO2.